The van der Waals surface area contributed by atoms with E-state index in [1.807, 2.05) is 0 Å². The molecule has 152 valence electrons. The highest BCUT2D eigenvalue weighted by molar-refractivity contribution is 7.82. The van der Waals surface area contributed by atoms with Crippen LogP contribution in [0, 0.1) is 5.92 Å². The SMILES string of the molecule is CN(C)C(=O)[C@H]1CC[C@H](NC(=S)C(=O)Nc2ccc(Cl)nc2)[C@H](NC(=O)O)C1. The molecule has 11 heteroatoms. The lowest BCUT2D eigenvalue weighted by atomic mass is 9.81. The first-order valence-corrected chi connectivity index (χ1v) is 9.40. The van der Waals surface area contributed by atoms with Crippen LogP contribution >= 0.6 is 23.8 Å². The zero-order valence-corrected chi connectivity index (χ0v) is 17.0. The topological polar surface area (TPSA) is 124 Å². The molecule has 0 bridgehead atoms. The predicted octanol–water partition coefficient (Wildman–Crippen LogP) is 1.48. The fraction of sp³-hybridized carbons (Fsp3) is 0.471. The number of amides is 3. The molecule has 0 unspecified atom stereocenters. The number of hydrogen-bond acceptors (Lipinski definition) is 5. The third-order valence-electron chi connectivity index (χ3n) is 4.46. The number of pyridine rings is 1. The molecular weight excluding hydrogens is 406 g/mol. The van der Waals surface area contributed by atoms with E-state index in [0.717, 1.165) is 0 Å². The standard InChI is InChI=1S/C17H22ClN5O4S/c1-23(2)16(25)9-3-5-11(12(7-9)22-17(26)27)21-15(28)14(24)20-10-4-6-13(18)19-8-10/h4,6,8-9,11-12,22H,3,5,7H2,1-2H3,(H,20,24)(H,21,28)(H,26,27)/t9-,11-,12+/m0/s1. The van der Waals surface area contributed by atoms with Crippen LogP contribution in [0.2, 0.25) is 5.15 Å². The molecule has 3 atom stereocenters. The zero-order chi connectivity index (χ0) is 20.8. The number of carbonyl (C=O) groups excluding carboxylic acids is 2. The van der Waals surface area contributed by atoms with Crippen LogP contribution in [0.5, 0.6) is 0 Å². The van der Waals surface area contributed by atoms with Gasteiger partial charge < -0.3 is 26.0 Å². The number of nitrogens with zero attached hydrogens (tertiary/aromatic N) is 2. The van der Waals surface area contributed by atoms with E-state index < -0.39 is 24.1 Å². The lowest BCUT2D eigenvalue weighted by Gasteiger charge is -2.37. The number of nitrogens with one attached hydrogen (secondary N) is 3. The Bertz CT molecular complexity index is 758. The second-order valence-corrected chi connectivity index (χ2v) is 7.50. The first kappa shape index (κ1) is 21.8. The van der Waals surface area contributed by atoms with E-state index in [0.29, 0.717) is 30.1 Å². The van der Waals surface area contributed by atoms with Gasteiger partial charge in [0.05, 0.1) is 17.9 Å². The Labute approximate surface area is 172 Å². The van der Waals surface area contributed by atoms with Crippen LogP contribution in [0.3, 0.4) is 0 Å². The van der Waals surface area contributed by atoms with E-state index in [1.54, 1.807) is 20.2 Å². The van der Waals surface area contributed by atoms with Gasteiger partial charge in [0.25, 0.3) is 5.91 Å². The maximum Gasteiger partial charge on any atom is 0.404 e. The van der Waals surface area contributed by atoms with Crippen molar-refractivity contribution >= 4 is 52.4 Å². The summed E-state index contributed by atoms with van der Waals surface area (Å²) in [4.78, 5) is 40.9. The van der Waals surface area contributed by atoms with Crippen LogP contribution in [-0.2, 0) is 9.59 Å². The van der Waals surface area contributed by atoms with E-state index in [9.17, 15) is 14.4 Å². The summed E-state index contributed by atoms with van der Waals surface area (Å²) < 4.78 is 0. The number of thiocarbonyl (C=S) groups is 1. The second-order valence-electron chi connectivity index (χ2n) is 6.70. The molecule has 0 saturated heterocycles. The first-order valence-electron chi connectivity index (χ1n) is 8.61. The average molecular weight is 428 g/mol. The van der Waals surface area contributed by atoms with Gasteiger partial charge in [0.15, 0.2) is 4.99 Å². The maximum atomic E-state index is 12.3. The summed E-state index contributed by atoms with van der Waals surface area (Å²) in [6.45, 7) is 0. The lowest BCUT2D eigenvalue weighted by molar-refractivity contribution is -0.134. The highest BCUT2D eigenvalue weighted by Gasteiger charge is 2.36. The molecule has 3 amide bonds. The Hall–Kier alpha value is -2.46. The molecule has 2 rings (SSSR count). The van der Waals surface area contributed by atoms with Gasteiger partial charge >= 0.3 is 6.09 Å². The fourth-order valence-electron chi connectivity index (χ4n) is 3.12. The van der Waals surface area contributed by atoms with Crippen LogP contribution in [0.4, 0.5) is 10.5 Å². The maximum absolute atomic E-state index is 12.3. The number of aromatic nitrogens is 1. The molecular formula is C17H22ClN5O4S. The minimum absolute atomic E-state index is 0.0498. The third-order valence-corrected chi connectivity index (χ3v) is 4.98. The van der Waals surface area contributed by atoms with Crippen molar-refractivity contribution < 1.29 is 19.5 Å². The monoisotopic (exact) mass is 427 g/mol. The van der Waals surface area contributed by atoms with Crippen molar-refractivity contribution in [1.29, 1.82) is 0 Å². The molecule has 0 aromatic carbocycles. The molecule has 0 spiro atoms. The fourth-order valence-corrected chi connectivity index (χ4v) is 3.44. The molecule has 0 aliphatic heterocycles. The molecule has 1 aliphatic carbocycles. The summed E-state index contributed by atoms with van der Waals surface area (Å²) in [5.74, 6) is -0.877. The Kier molecular flexibility index (Phi) is 7.53. The summed E-state index contributed by atoms with van der Waals surface area (Å²) in [6.07, 6.45) is 1.59. The summed E-state index contributed by atoms with van der Waals surface area (Å²) in [6, 6.07) is 2.17. The molecule has 1 fully saturated rings. The second kappa shape index (κ2) is 9.65. The molecule has 1 aliphatic rings. The lowest BCUT2D eigenvalue weighted by Crippen LogP contribution is -2.56. The van der Waals surface area contributed by atoms with Gasteiger partial charge in [-0.15, -0.1) is 0 Å². The van der Waals surface area contributed by atoms with Crippen molar-refractivity contribution in [1.82, 2.24) is 20.5 Å². The van der Waals surface area contributed by atoms with Gasteiger partial charge in [-0.05, 0) is 31.4 Å². The van der Waals surface area contributed by atoms with E-state index in [-0.39, 0.29) is 16.8 Å². The minimum Gasteiger partial charge on any atom is -0.465 e. The quantitative estimate of drug-likeness (QED) is 0.424. The Balaban J connectivity index is 2.00. The number of carbonyl (C=O) groups is 3. The van der Waals surface area contributed by atoms with Gasteiger partial charge in [-0.25, -0.2) is 9.78 Å². The summed E-state index contributed by atoms with van der Waals surface area (Å²) in [5.41, 5.74) is 0.430. The summed E-state index contributed by atoms with van der Waals surface area (Å²) in [7, 11) is 3.33. The largest absolute Gasteiger partial charge is 0.465 e. The van der Waals surface area contributed by atoms with Gasteiger partial charge in [0.2, 0.25) is 5.91 Å². The van der Waals surface area contributed by atoms with Gasteiger partial charge in [0.1, 0.15) is 5.15 Å². The van der Waals surface area contributed by atoms with Crippen LogP contribution in [-0.4, -0.2) is 64.1 Å². The average Bonchev–Trinajstić information content (AvgIpc) is 2.63. The Morgan fingerprint density at radius 1 is 1.21 bits per heavy atom. The number of hydrogen-bond donors (Lipinski definition) is 4. The Morgan fingerprint density at radius 2 is 1.93 bits per heavy atom. The molecule has 4 N–H and O–H groups in total. The highest BCUT2D eigenvalue weighted by atomic mass is 35.5. The summed E-state index contributed by atoms with van der Waals surface area (Å²) in [5, 5.41) is 17.3. The molecule has 1 aromatic heterocycles. The van der Waals surface area contributed by atoms with Gasteiger partial charge in [-0.2, -0.15) is 0 Å². The smallest absolute Gasteiger partial charge is 0.404 e. The van der Waals surface area contributed by atoms with Crippen molar-refractivity contribution in [3.05, 3.63) is 23.5 Å². The molecule has 28 heavy (non-hydrogen) atoms. The normalized spacial score (nSPS) is 21.3. The van der Waals surface area contributed by atoms with Crippen molar-refractivity contribution in [2.75, 3.05) is 19.4 Å². The first-order chi connectivity index (χ1) is 13.2. The zero-order valence-electron chi connectivity index (χ0n) is 15.4. The number of carboxylic acid groups (broad SMARTS) is 1. The van der Waals surface area contributed by atoms with E-state index >= 15 is 0 Å². The van der Waals surface area contributed by atoms with E-state index in [1.165, 1.54) is 17.2 Å². The van der Waals surface area contributed by atoms with Crippen LogP contribution in [0.25, 0.3) is 0 Å². The Morgan fingerprint density at radius 3 is 2.50 bits per heavy atom. The van der Waals surface area contributed by atoms with Crippen LogP contribution in [0.15, 0.2) is 18.3 Å². The molecule has 1 heterocycles. The number of anilines is 1. The van der Waals surface area contributed by atoms with E-state index in [2.05, 4.69) is 20.9 Å². The molecule has 1 saturated carbocycles. The number of rotatable bonds is 4. The highest BCUT2D eigenvalue weighted by Crippen LogP contribution is 2.26. The van der Waals surface area contributed by atoms with Gasteiger partial charge in [-0.1, -0.05) is 23.8 Å². The minimum atomic E-state index is -1.20. The van der Waals surface area contributed by atoms with E-state index in [4.69, 9.17) is 28.9 Å². The van der Waals surface area contributed by atoms with Gasteiger partial charge in [0, 0.05) is 26.1 Å². The van der Waals surface area contributed by atoms with Crippen molar-refractivity contribution in [2.45, 2.75) is 31.3 Å². The summed E-state index contributed by atoms with van der Waals surface area (Å²) >= 11 is 10.9. The van der Waals surface area contributed by atoms with Crippen molar-refractivity contribution in [2.24, 2.45) is 5.92 Å². The van der Waals surface area contributed by atoms with Gasteiger partial charge in [-0.3, -0.25) is 9.59 Å². The molecule has 9 nitrogen and oxygen atoms in total. The van der Waals surface area contributed by atoms with Crippen LogP contribution in [0.1, 0.15) is 19.3 Å². The molecule has 0 radical (unpaired) electrons. The van der Waals surface area contributed by atoms with Crippen molar-refractivity contribution in [3.63, 3.8) is 0 Å². The predicted molar refractivity (Wildman–Crippen MR) is 108 cm³/mol. The molecule has 1 aromatic rings. The number of halogens is 1. The van der Waals surface area contributed by atoms with Crippen LogP contribution < -0.4 is 16.0 Å². The van der Waals surface area contributed by atoms with Crippen molar-refractivity contribution in [3.8, 4) is 0 Å². The third kappa shape index (κ3) is 6.03.